The number of esters is 1. The monoisotopic (exact) mass is 352 g/mol. The summed E-state index contributed by atoms with van der Waals surface area (Å²) in [5.74, 6) is -0.0577. The van der Waals surface area contributed by atoms with Gasteiger partial charge in [-0.15, -0.1) is 0 Å². The van der Waals surface area contributed by atoms with E-state index in [1.165, 1.54) is 6.07 Å². The van der Waals surface area contributed by atoms with Gasteiger partial charge in [0, 0.05) is 24.6 Å². The van der Waals surface area contributed by atoms with Crippen LogP contribution in [-0.2, 0) is 17.8 Å². The molecule has 1 heterocycles. The maximum atomic E-state index is 12.5. The topological polar surface area (TPSA) is 65.7 Å². The van der Waals surface area contributed by atoms with Crippen molar-refractivity contribution in [3.05, 3.63) is 75.1 Å². The Morgan fingerprint density at radius 3 is 2.50 bits per heavy atom. The number of rotatable bonds is 5. The van der Waals surface area contributed by atoms with Crippen LogP contribution < -0.4 is 10.4 Å². The van der Waals surface area contributed by atoms with Gasteiger partial charge in [0.1, 0.15) is 11.3 Å². The molecule has 0 fully saturated rings. The third-order valence-corrected chi connectivity index (χ3v) is 4.22. The summed E-state index contributed by atoms with van der Waals surface area (Å²) in [5, 5.41) is 0.838. The Labute approximate surface area is 151 Å². The fourth-order valence-corrected chi connectivity index (χ4v) is 2.82. The minimum Gasteiger partial charge on any atom is -0.423 e. The molecule has 1 aromatic heterocycles. The molecule has 0 saturated carbocycles. The number of methoxy groups -OCH3 is 1. The van der Waals surface area contributed by atoms with Crippen molar-refractivity contribution in [2.24, 2.45) is 0 Å². The highest BCUT2D eigenvalue weighted by molar-refractivity contribution is 5.92. The molecule has 0 unspecified atom stereocenters. The van der Waals surface area contributed by atoms with Crippen molar-refractivity contribution >= 4 is 16.9 Å². The Morgan fingerprint density at radius 1 is 1.12 bits per heavy atom. The lowest BCUT2D eigenvalue weighted by atomic mass is 10.1. The number of benzene rings is 2. The summed E-state index contributed by atoms with van der Waals surface area (Å²) in [6.45, 7) is 4.32. The zero-order valence-electron chi connectivity index (χ0n) is 15.0. The van der Waals surface area contributed by atoms with Crippen LogP contribution in [0.15, 0.2) is 51.7 Å². The Morgan fingerprint density at radius 2 is 1.85 bits per heavy atom. The highest BCUT2D eigenvalue weighted by atomic mass is 16.5. The maximum absolute atomic E-state index is 12.5. The minimum absolute atomic E-state index is 0.403. The van der Waals surface area contributed by atoms with E-state index in [0.29, 0.717) is 29.9 Å². The summed E-state index contributed by atoms with van der Waals surface area (Å²) in [5.41, 5.74) is 3.10. The zero-order valence-corrected chi connectivity index (χ0v) is 15.0. The highest BCUT2D eigenvalue weighted by Crippen LogP contribution is 2.28. The summed E-state index contributed by atoms with van der Waals surface area (Å²) in [7, 11) is 1.62. The smallest absolute Gasteiger partial charge is 0.343 e. The van der Waals surface area contributed by atoms with E-state index in [4.69, 9.17) is 13.9 Å². The molecular formula is C21H20O5. The van der Waals surface area contributed by atoms with E-state index >= 15 is 0 Å². The van der Waals surface area contributed by atoms with Crippen LogP contribution in [0, 0.1) is 6.92 Å². The molecule has 0 spiro atoms. The van der Waals surface area contributed by atoms with Crippen molar-refractivity contribution in [3.8, 4) is 5.75 Å². The lowest BCUT2D eigenvalue weighted by molar-refractivity contribution is 0.0733. The molecule has 5 heteroatoms. The van der Waals surface area contributed by atoms with Crippen molar-refractivity contribution in [3.63, 3.8) is 0 Å². The quantitative estimate of drug-likeness (QED) is 0.394. The van der Waals surface area contributed by atoms with E-state index in [2.05, 4.69) is 0 Å². The average Bonchev–Trinajstić information content (AvgIpc) is 2.62. The van der Waals surface area contributed by atoms with Crippen molar-refractivity contribution in [2.45, 2.75) is 26.9 Å². The molecule has 5 nitrogen and oxygen atoms in total. The molecule has 0 atom stereocenters. The molecule has 0 aliphatic rings. The third kappa shape index (κ3) is 3.68. The second-order valence-electron chi connectivity index (χ2n) is 6.08. The van der Waals surface area contributed by atoms with Gasteiger partial charge < -0.3 is 13.9 Å². The second kappa shape index (κ2) is 7.54. The molecule has 0 bridgehead atoms. The van der Waals surface area contributed by atoms with Gasteiger partial charge in [0.2, 0.25) is 0 Å². The zero-order chi connectivity index (χ0) is 18.7. The fraction of sp³-hybridized carbons (Fsp3) is 0.238. The first-order valence-corrected chi connectivity index (χ1v) is 8.39. The van der Waals surface area contributed by atoms with Gasteiger partial charge >= 0.3 is 11.6 Å². The number of aryl methyl sites for hydroxylation is 2. The van der Waals surface area contributed by atoms with Crippen LogP contribution in [0.3, 0.4) is 0 Å². The van der Waals surface area contributed by atoms with E-state index in [0.717, 1.165) is 22.1 Å². The van der Waals surface area contributed by atoms with Crippen LogP contribution in [0.4, 0.5) is 0 Å². The molecule has 3 rings (SSSR count). The lowest BCUT2D eigenvalue weighted by Crippen LogP contribution is -2.10. The summed E-state index contributed by atoms with van der Waals surface area (Å²) in [4.78, 5) is 24.1. The molecule has 26 heavy (non-hydrogen) atoms. The molecule has 134 valence electrons. The Balaban J connectivity index is 1.94. The number of carbonyl (C=O) groups excluding carboxylic acids is 1. The Bertz CT molecular complexity index is 999. The van der Waals surface area contributed by atoms with Gasteiger partial charge in [0.15, 0.2) is 0 Å². The Kier molecular flexibility index (Phi) is 5.19. The van der Waals surface area contributed by atoms with Gasteiger partial charge in [0.05, 0.1) is 12.2 Å². The standard InChI is InChI=1S/C21H20O5/c1-4-15-10-17-13(2)9-20(22)25-19(17)11-18(15)26-21(23)16-7-5-14(6-8-16)12-24-3/h5-11H,4,12H2,1-3H3. The molecule has 0 radical (unpaired) electrons. The first-order chi connectivity index (χ1) is 12.5. The summed E-state index contributed by atoms with van der Waals surface area (Å²) in [6.07, 6.45) is 0.684. The first-order valence-electron chi connectivity index (χ1n) is 8.39. The summed E-state index contributed by atoms with van der Waals surface area (Å²) < 4.78 is 15.9. The Hall–Kier alpha value is -2.92. The van der Waals surface area contributed by atoms with Crippen LogP contribution in [0.2, 0.25) is 0 Å². The van der Waals surface area contributed by atoms with Crippen molar-refractivity contribution in [2.75, 3.05) is 7.11 Å². The molecule has 2 aromatic carbocycles. The molecule has 0 N–H and O–H groups in total. The van der Waals surface area contributed by atoms with Gasteiger partial charge in [-0.25, -0.2) is 9.59 Å². The summed E-state index contributed by atoms with van der Waals surface area (Å²) in [6, 6.07) is 12.0. The van der Waals surface area contributed by atoms with Crippen LogP contribution in [0.5, 0.6) is 5.75 Å². The van der Waals surface area contributed by atoms with E-state index < -0.39 is 11.6 Å². The van der Waals surface area contributed by atoms with Gasteiger partial charge in [-0.05, 0) is 48.2 Å². The molecule has 0 saturated heterocycles. The first kappa shape index (κ1) is 17.9. The van der Waals surface area contributed by atoms with E-state index in [1.54, 1.807) is 25.3 Å². The third-order valence-electron chi connectivity index (χ3n) is 4.22. The highest BCUT2D eigenvalue weighted by Gasteiger charge is 2.14. The van der Waals surface area contributed by atoms with Crippen molar-refractivity contribution < 1.29 is 18.7 Å². The number of ether oxygens (including phenoxy) is 2. The average molecular weight is 352 g/mol. The number of hydrogen-bond acceptors (Lipinski definition) is 5. The fourth-order valence-electron chi connectivity index (χ4n) is 2.82. The van der Waals surface area contributed by atoms with E-state index in [1.807, 2.05) is 32.0 Å². The van der Waals surface area contributed by atoms with E-state index in [-0.39, 0.29) is 0 Å². The molecule has 3 aromatic rings. The predicted molar refractivity (Wildman–Crippen MR) is 98.7 cm³/mol. The van der Waals surface area contributed by atoms with Crippen LogP contribution in [-0.4, -0.2) is 13.1 Å². The molecule has 0 amide bonds. The van der Waals surface area contributed by atoms with Gasteiger partial charge in [0.25, 0.3) is 0 Å². The number of hydrogen-bond donors (Lipinski definition) is 0. The number of carbonyl (C=O) groups is 1. The molecule has 0 aliphatic heterocycles. The van der Waals surface area contributed by atoms with Gasteiger partial charge in [-0.3, -0.25) is 0 Å². The maximum Gasteiger partial charge on any atom is 0.343 e. The molecule has 0 aliphatic carbocycles. The largest absolute Gasteiger partial charge is 0.423 e. The minimum atomic E-state index is -0.460. The van der Waals surface area contributed by atoms with Crippen molar-refractivity contribution in [1.82, 2.24) is 0 Å². The van der Waals surface area contributed by atoms with Crippen molar-refractivity contribution in [1.29, 1.82) is 0 Å². The van der Waals surface area contributed by atoms with E-state index in [9.17, 15) is 9.59 Å². The second-order valence-corrected chi connectivity index (χ2v) is 6.08. The van der Waals surface area contributed by atoms with Gasteiger partial charge in [-0.1, -0.05) is 19.1 Å². The van der Waals surface area contributed by atoms with Crippen LogP contribution in [0.25, 0.3) is 11.0 Å². The van der Waals surface area contributed by atoms with Crippen LogP contribution >= 0.6 is 0 Å². The summed E-state index contributed by atoms with van der Waals surface area (Å²) >= 11 is 0. The lowest BCUT2D eigenvalue weighted by Gasteiger charge is -2.11. The van der Waals surface area contributed by atoms with Gasteiger partial charge in [-0.2, -0.15) is 0 Å². The normalized spacial score (nSPS) is 10.9. The predicted octanol–water partition coefficient (Wildman–Crippen LogP) is 4.03. The van der Waals surface area contributed by atoms with Crippen LogP contribution in [0.1, 0.15) is 34.0 Å². The SMILES string of the molecule is CCc1cc2c(C)cc(=O)oc2cc1OC(=O)c1ccc(COC)cc1. The number of fused-ring (bicyclic) bond motifs is 1. The molecular weight excluding hydrogens is 332 g/mol.